The number of amides is 6. The van der Waals surface area contributed by atoms with E-state index >= 15 is 0 Å². The van der Waals surface area contributed by atoms with Crippen LogP contribution in [0.15, 0.2) is 165 Å². The van der Waals surface area contributed by atoms with E-state index in [0.29, 0.717) is 28.4 Å². The molecule has 7 fully saturated rings. The molecule has 8 atom stereocenters. The molecule has 7 aliphatic heterocycles. The van der Waals surface area contributed by atoms with Crippen molar-refractivity contribution in [3.8, 4) is 23.0 Å². The smallest absolute Gasteiger partial charge is 0.424 e. The molecule has 12 N–H and O–H groups in total. The quantitative estimate of drug-likeness (QED) is 0.0316. The third kappa shape index (κ3) is 20.9. The zero-order valence-corrected chi connectivity index (χ0v) is 75.3. The minimum Gasteiger partial charge on any atom is -0.494 e. The number of aliphatic hydroxyl groups is 4. The minimum absolute atomic E-state index is 0.0126. The summed E-state index contributed by atoms with van der Waals surface area (Å²) >= 11 is 6.13. The van der Waals surface area contributed by atoms with Crippen LogP contribution < -0.4 is 18.9 Å². The molecule has 8 unspecified atom stereocenters. The Labute approximate surface area is 744 Å². The molecule has 7 aliphatic rings. The molecule has 0 saturated carbocycles. The summed E-state index contributed by atoms with van der Waals surface area (Å²) in [6, 6.07) is 22.9. The van der Waals surface area contributed by atoms with Crippen LogP contribution in [0, 0.1) is 23.3 Å². The minimum atomic E-state index is -5.51. The Kier molecular flexibility index (Phi) is 29.9. The topological polar surface area (TPSA) is 672 Å². The molecule has 7 saturated heterocycles. The predicted molar refractivity (Wildman–Crippen MR) is 431 cm³/mol. The average molecular weight is 2030 g/mol. The van der Waals surface area contributed by atoms with Crippen LogP contribution in [0.1, 0.15) is 96.4 Å². The van der Waals surface area contributed by atoms with Gasteiger partial charge in [-0.3, -0.25) is 97.4 Å². The lowest BCUT2D eigenvalue weighted by Gasteiger charge is -2.41. The van der Waals surface area contributed by atoms with Crippen molar-refractivity contribution in [3.05, 3.63) is 238 Å². The Bertz CT molecular complexity index is 6100. The molecule has 6 amide bonds. The van der Waals surface area contributed by atoms with E-state index in [9.17, 15) is 142 Å². The Balaban J connectivity index is 0.000000160. The maximum atomic E-state index is 14.9. The maximum Gasteiger partial charge on any atom is 0.424 e. The molecule has 0 spiro atoms. The molecular weight excluding hydrogens is 1960 g/mol. The lowest BCUT2D eigenvalue weighted by atomic mass is 10.1. The van der Waals surface area contributed by atoms with E-state index in [-0.39, 0.29) is 88.5 Å². The van der Waals surface area contributed by atoms with E-state index in [0.717, 1.165) is 36.4 Å². The van der Waals surface area contributed by atoms with Crippen molar-refractivity contribution in [3.63, 3.8) is 0 Å². The van der Waals surface area contributed by atoms with Crippen molar-refractivity contribution in [2.24, 2.45) is 0 Å². The summed E-state index contributed by atoms with van der Waals surface area (Å²) < 4.78 is 229. The number of likely N-dealkylation sites (tertiary alicyclic amines) is 1. The summed E-state index contributed by atoms with van der Waals surface area (Å²) in [4.78, 5) is 172. The number of methoxy groups -OCH3 is 1. The van der Waals surface area contributed by atoms with E-state index in [1.54, 1.807) is 0 Å². The highest BCUT2D eigenvalue weighted by atomic mass is 35.5. The highest BCUT2D eigenvalue weighted by Gasteiger charge is 2.71. The van der Waals surface area contributed by atoms with Crippen molar-refractivity contribution in [1.29, 1.82) is 0 Å². The number of halogens is 5. The van der Waals surface area contributed by atoms with E-state index < -0.39 is 214 Å². The first-order valence-corrected chi connectivity index (χ1v) is 50.4. The van der Waals surface area contributed by atoms with Crippen LogP contribution in [-0.4, -0.2) is 190 Å². The third-order valence-corrected chi connectivity index (χ3v) is 38.3. The van der Waals surface area contributed by atoms with Crippen molar-refractivity contribution in [1.82, 2.24) is 34.6 Å². The van der Waals surface area contributed by atoms with Crippen molar-refractivity contribution >= 4 is 109 Å². The molecule has 4 aromatic carbocycles. The number of para-hydroxylation sites is 1. The second-order valence-electron chi connectivity index (χ2n) is 29.3. The molecule has 0 bridgehead atoms. The van der Waals surface area contributed by atoms with Gasteiger partial charge in [0, 0.05) is 106 Å². The largest absolute Gasteiger partial charge is 0.494 e. The summed E-state index contributed by atoms with van der Waals surface area (Å²) in [7, 11) is -41.5. The Morgan fingerprint density at radius 2 is 0.848 bits per heavy atom. The molecule has 8 aromatic rings. The number of carbonyl (C=O) groups is 6. The lowest BCUT2D eigenvalue weighted by molar-refractivity contribution is -0.125. The SMILES string of the molecule is CC1(C)CN(C(=O)Oc2cc(F)c(C3OP(=O)(O)C(O)(Cc4cccnc4)P(=O)(O)O3)c(F)c2)C(=O)O1.COc1ccc(F)c(C2OP(=O)(O)C(O)(Cc3cccnc3)P(=O)(O)O2)c1F.O=C1CCCN1C(=O)Oc1ccc(C2OP(=O)(O)C(O)(Cc3cccnc3)P(=O)(O)O2)cc1Cl.O=C1OCCN1C(=O)Oc1ccccc1C1OP(=O)(O)C(O)(Cc2cccnc2)P(=O)(O)O1. The number of benzene rings is 4. The van der Waals surface area contributed by atoms with E-state index in [1.165, 1.54) is 142 Å². The summed E-state index contributed by atoms with van der Waals surface area (Å²) in [6.07, 6.45) is -6.11. The van der Waals surface area contributed by atoms with Gasteiger partial charge >= 0.3 is 91.2 Å². The first-order chi connectivity index (χ1) is 61.5. The summed E-state index contributed by atoms with van der Waals surface area (Å²) in [5.41, 5.74) is -2.97. The van der Waals surface area contributed by atoms with Gasteiger partial charge in [-0.15, -0.1) is 0 Å². The molecule has 0 radical (unpaired) electrons. The van der Waals surface area contributed by atoms with Crippen LogP contribution in [0.25, 0.3) is 0 Å². The number of rotatable bonds is 16. The highest BCUT2D eigenvalue weighted by molar-refractivity contribution is 7.75. The molecule has 47 nitrogen and oxygen atoms in total. The lowest BCUT2D eigenvalue weighted by Crippen LogP contribution is -2.38. The fourth-order valence-corrected chi connectivity index (χ4v) is 27.3. The first-order valence-electron chi connectivity index (χ1n) is 37.4. The van der Waals surface area contributed by atoms with Gasteiger partial charge in [-0.2, -0.15) is 0 Å². The first kappa shape index (κ1) is 102. The van der Waals surface area contributed by atoms with Gasteiger partial charge < -0.3 is 88.0 Å². The second-order valence-corrected chi connectivity index (χ2v) is 47.1. The second kappa shape index (κ2) is 38.9. The molecule has 60 heteroatoms. The van der Waals surface area contributed by atoms with Gasteiger partial charge in [-0.1, -0.05) is 60.1 Å². The monoisotopic (exact) mass is 2030 g/mol. The number of hydrogen-bond donors (Lipinski definition) is 12. The molecular formula is C72H72ClF4N7O40P8. The van der Waals surface area contributed by atoms with Crippen molar-refractivity contribution in [2.75, 3.05) is 33.4 Å². The third-order valence-electron chi connectivity index (χ3n) is 19.6. The summed E-state index contributed by atoms with van der Waals surface area (Å²) in [5.74, 6) is -7.71. The Morgan fingerprint density at radius 3 is 1.23 bits per heavy atom. The zero-order chi connectivity index (χ0) is 96.7. The van der Waals surface area contributed by atoms with E-state index in [1.807, 2.05) is 0 Å². The van der Waals surface area contributed by atoms with E-state index in [2.05, 4.69) is 29.4 Å². The zero-order valence-electron chi connectivity index (χ0n) is 67.4. The Morgan fingerprint density at radius 1 is 0.455 bits per heavy atom. The number of imide groups is 3. The van der Waals surface area contributed by atoms with Gasteiger partial charge in [0.05, 0.1) is 41.9 Å². The van der Waals surface area contributed by atoms with Crippen LogP contribution in [-0.2, 0) is 113 Å². The number of cyclic esters (lactones) is 2. The van der Waals surface area contributed by atoms with Gasteiger partial charge in [0.15, 0.2) is 17.3 Å². The molecule has 15 rings (SSSR count). The average Bonchev–Trinajstić information content (AvgIpc) is 0.777. The van der Waals surface area contributed by atoms with Crippen LogP contribution in [0.5, 0.6) is 23.0 Å². The number of pyridine rings is 4. The summed E-state index contributed by atoms with van der Waals surface area (Å²) in [6.45, 7) is 3.01. The van der Waals surface area contributed by atoms with Gasteiger partial charge in [0.1, 0.15) is 41.2 Å². The van der Waals surface area contributed by atoms with Crippen LogP contribution in [0.4, 0.5) is 41.5 Å². The molecule has 4 aromatic heterocycles. The fraction of sp³-hybridized carbons (Fsp3) is 0.306. The van der Waals surface area contributed by atoms with Crippen LogP contribution in [0.3, 0.4) is 0 Å². The number of aromatic nitrogens is 4. The van der Waals surface area contributed by atoms with Gasteiger partial charge in [0.25, 0.3) is 20.3 Å². The molecule has 132 heavy (non-hydrogen) atoms. The van der Waals surface area contributed by atoms with Crippen LogP contribution >= 0.6 is 72.4 Å². The van der Waals surface area contributed by atoms with Gasteiger partial charge in [-0.05, 0) is 97.1 Å². The van der Waals surface area contributed by atoms with Crippen molar-refractivity contribution in [2.45, 2.75) is 103 Å². The number of hydrogen-bond acceptors (Lipinski definition) is 36. The number of nitrogens with zero attached hydrogens (tertiary/aromatic N) is 7. The van der Waals surface area contributed by atoms with Gasteiger partial charge in [-0.25, -0.2) is 56.2 Å². The molecule has 710 valence electrons. The molecule has 0 aliphatic carbocycles. The fourth-order valence-electron chi connectivity index (χ4n) is 12.8. The standard InChI is InChI=1S/C20H20F2N2O11P2.C19H19ClN2O10P2.C18H18N2O11P2.C15H15F2NO8P2/c1-19(2)10-24(18(26)33-19)17(25)32-12-6-13(21)15(14(22)7-12)16-34-36(28,29)20(27,37(30,31)35-16)8-11-4-3-5-23-9-11;20-14-9-13(5-6-15(14)30-18(24)22-8-2-4-16(22)23)17-31-33(26,27)19(25,34(28,29)32-17)10-12-3-1-7-21-11-12;21-16-20(8-9-28-16)17(22)29-14-6-2-1-5-13(14)15-30-32(24,25)18(23,33(26,27)31-15)10-12-4-3-7-19-11-12;1-24-11-5-4-10(16)12(13(11)17)14-25-27(20,21)15(19,28(22,23)26-14)7-9-3-2-6-18-8-9/h3-7,9,16,27H,8,10H2,1-2H3,(H,28,29)(H,30,31);1,3,5-7,9,11,17,25H,2,4,8,10H2,(H,26,27)(H,28,29);1-7,11,15,23H,8-10H2,(H,24,25)(H,26,27);2-6,8,14,19H,7H2,1H3,(H,20,21)(H,22,23). The van der Waals surface area contributed by atoms with Gasteiger partial charge in [0.2, 0.25) is 31.1 Å². The maximum absolute atomic E-state index is 14.9. The summed E-state index contributed by atoms with van der Waals surface area (Å²) in [5, 5.41) is 29.7. The molecule has 11 heterocycles. The number of carbonyl (C=O) groups excluding carboxylic acids is 6. The van der Waals surface area contributed by atoms with Crippen molar-refractivity contribution < 1.29 is 207 Å². The Hall–Kier alpha value is -9.25. The highest BCUT2D eigenvalue weighted by Crippen LogP contribution is 2.83. The van der Waals surface area contributed by atoms with Crippen LogP contribution in [0.2, 0.25) is 5.02 Å². The normalized spacial score (nSPS) is 31.8. The number of ether oxygens (including phenoxy) is 6. The van der Waals surface area contributed by atoms with E-state index in [4.69, 9.17) is 66.7 Å². The predicted octanol–water partition coefficient (Wildman–Crippen LogP) is 11.6.